The van der Waals surface area contributed by atoms with Crippen molar-refractivity contribution in [3.05, 3.63) is 80.7 Å². The van der Waals surface area contributed by atoms with Gasteiger partial charge in [0.1, 0.15) is 0 Å². The van der Waals surface area contributed by atoms with Crippen molar-refractivity contribution in [3.8, 4) is 22.3 Å². The minimum Gasteiger partial charge on any atom is -0.330 e. The maximum absolute atomic E-state index is 5.72. The lowest BCUT2D eigenvalue weighted by Crippen LogP contribution is -2.02. The summed E-state index contributed by atoms with van der Waals surface area (Å²) in [5.41, 5.74) is 18.7. The molecule has 0 amide bonds. The van der Waals surface area contributed by atoms with E-state index in [4.69, 9.17) is 11.5 Å². The second kappa shape index (κ2) is 8.96. The zero-order valence-corrected chi connectivity index (χ0v) is 17.7. The SMILES string of the molecule is NCCc1cc(Br)cc(-c2cccc(-c3cc(Br)cc(CCN)c3)c2)c1. The summed E-state index contributed by atoms with van der Waals surface area (Å²) in [6, 6.07) is 21.7. The van der Waals surface area contributed by atoms with Gasteiger partial charge < -0.3 is 11.5 Å². The molecule has 0 saturated carbocycles. The molecule has 4 heteroatoms. The standard InChI is InChI=1S/C22H22Br2N2/c23-21-10-15(4-6-25)8-19(13-21)17-2-1-3-18(12-17)20-9-16(5-7-26)11-22(24)14-20/h1-3,8-14H,4-7,25-26H2. The van der Waals surface area contributed by atoms with Crippen molar-refractivity contribution in [2.45, 2.75) is 12.8 Å². The Kier molecular flexibility index (Phi) is 6.65. The zero-order valence-electron chi connectivity index (χ0n) is 14.5. The molecule has 0 aliphatic carbocycles. The van der Waals surface area contributed by atoms with Gasteiger partial charge >= 0.3 is 0 Å². The molecule has 3 aromatic rings. The minimum atomic E-state index is 0.651. The Morgan fingerprint density at radius 3 is 1.46 bits per heavy atom. The van der Waals surface area contributed by atoms with E-state index in [1.807, 2.05) is 0 Å². The maximum Gasteiger partial charge on any atom is 0.0184 e. The fourth-order valence-electron chi connectivity index (χ4n) is 3.13. The molecule has 0 aliphatic heterocycles. The molecule has 0 radical (unpaired) electrons. The molecule has 2 nitrogen and oxygen atoms in total. The monoisotopic (exact) mass is 472 g/mol. The third-order valence-corrected chi connectivity index (χ3v) is 5.23. The predicted molar refractivity (Wildman–Crippen MR) is 118 cm³/mol. The highest BCUT2D eigenvalue weighted by Crippen LogP contribution is 2.31. The number of rotatable bonds is 6. The average Bonchev–Trinajstić information content (AvgIpc) is 2.61. The van der Waals surface area contributed by atoms with E-state index in [0.29, 0.717) is 13.1 Å². The van der Waals surface area contributed by atoms with Crippen molar-refractivity contribution in [3.63, 3.8) is 0 Å². The van der Waals surface area contributed by atoms with Crippen LogP contribution in [0.5, 0.6) is 0 Å². The Morgan fingerprint density at radius 1 is 0.577 bits per heavy atom. The van der Waals surface area contributed by atoms with E-state index in [0.717, 1.165) is 21.8 Å². The summed E-state index contributed by atoms with van der Waals surface area (Å²) < 4.78 is 2.16. The van der Waals surface area contributed by atoms with Gasteiger partial charge in [0.25, 0.3) is 0 Å². The molecule has 0 heterocycles. The molecule has 26 heavy (non-hydrogen) atoms. The summed E-state index contributed by atoms with van der Waals surface area (Å²) >= 11 is 7.24. The van der Waals surface area contributed by atoms with Crippen molar-refractivity contribution in [1.29, 1.82) is 0 Å². The van der Waals surface area contributed by atoms with E-state index < -0.39 is 0 Å². The molecule has 0 bridgehead atoms. The molecule has 0 aromatic heterocycles. The maximum atomic E-state index is 5.72. The van der Waals surface area contributed by atoms with Crippen LogP contribution in [0.25, 0.3) is 22.3 Å². The highest BCUT2D eigenvalue weighted by molar-refractivity contribution is 9.10. The molecule has 0 saturated heterocycles. The summed E-state index contributed by atoms with van der Waals surface area (Å²) in [4.78, 5) is 0. The number of nitrogens with two attached hydrogens (primary N) is 2. The molecule has 0 unspecified atom stereocenters. The molecule has 134 valence electrons. The summed E-state index contributed by atoms with van der Waals surface area (Å²) in [7, 11) is 0. The fraction of sp³-hybridized carbons (Fsp3) is 0.182. The Bertz CT molecular complexity index is 836. The highest BCUT2D eigenvalue weighted by atomic mass is 79.9. The zero-order chi connectivity index (χ0) is 18.5. The third-order valence-electron chi connectivity index (χ3n) is 4.31. The molecule has 0 atom stereocenters. The third kappa shape index (κ3) is 4.83. The average molecular weight is 474 g/mol. The molecule has 4 N–H and O–H groups in total. The van der Waals surface area contributed by atoms with Crippen LogP contribution in [-0.2, 0) is 12.8 Å². The predicted octanol–water partition coefficient (Wildman–Crippen LogP) is 5.55. The number of hydrogen-bond donors (Lipinski definition) is 2. The van der Waals surface area contributed by atoms with E-state index in [9.17, 15) is 0 Å². The summed E-state index contributed by atoms with van der Waals surface area (Å²) in [6.07, 6.45) is 1.75. The number of hydrogen-bond acceptors (Lipinski definition) is 2. The Hall–Kier alpha value is -1.46. The Morgan fingerprint density at radius 2 is 1.04 bits per heavy atom. The van der Waals surface area contributed by atoms with E-state index in [1.165, 1.54) is 33.4 Å². The van der Waals surface area contributed by atoms with Gasteiger partial charge in [-0.1, -0.05) is 62.2 Å². The van der Waals surface area contributed by atoms with Gasteiger partial charge in [0, 0.05) is 8.95 Å². The molecular weight excluding hydrogens is 452 g/mol. The van der Waals surface area contributed by atoms with E-state index in [1.54, 1.807) is 0 Å². The quantitative estimate of drug-likeness (QED) is 0.493. The number of halogens is 2. The summed E-state index contributed by atoms with van der Waals surface area (Å²) in [5.74, 6) is 0. The minimum absolute atomic E-state index is 0.651. The van der Waals surface area contributed by atoms with Crippen molar-refractivity contribution in [2.24, 2.45) is 11.5 Å². The van der Waals surface area contributed by atoms with E-state index in [-0.39, 0.29) is 0 Å². The van der Waals surface area contributed by atoms with Crippen molar-refractivity contribution >= 4 is 31.9 Å². The molecule has 0 spiro atoms. The van der Waals surface area contributed by atoms with Gasteiger partial charge in [-0.05, 0) is 89.6 Å². The van der Waals surface area contributed by atoms with Crippen LogP contribution in [0.1, 0.15) is 11.1 Å². The van der Waals surface area contributed by atoms with Crippen LogP contribution < -0.4 is 11.5 Å². The highest BCUT2D eigenvalue weighted by Gasteiger charge is 2.06. The van der Waals surface area contributed by atoms with Crippen molar-refractivity contribution < 1.29 is 0 Å². The van der Waals surface area contributed by atoms with Crippen LogP contribution in [0.3, 0.4) is 0 Å². The van der Waals surface area contributed by atoms with Gasteiger partial charge in [-0.3, -0.25) is 0 Å². The molecule has 3 rings (SSSR count). The Labute approximate surface area is 171 Å². The first-order valence-corrected chi connectivity index (χ1v) is 10.3. The molecular formula is C22H22Br2N2. The summed E-state index contributed by atoms with van der Waals surface area (Å²) in [6.45, 7) is 1.30. The van der Waals surface area contributed by atoms with Gasteiger partial charge in [-0.15, -0.1) is 0 Å². The lowest BCUT2D eigenvalue weighted by atomic mass is 9.96. The lowest BCUT2D eigenvalue weighted by Gasteiger charge is -2.10. The lowest BCUT2D eigenvalue weighted by molar-refractivity contribution is 0.968. The van der Waals surface area contributed by atoms with Crippen LogP contribution in [0.15, 0.2) is 69.6 Å². The van der Waals surface area contributed by atoms with Crippen LogP contribution in [0.2, 0.25) is 0 Å². The first-order valence-electron chi connectivity index (χ1n) is 8.69. The van der Waals surface area contributed by atoms with Crippen LogP contribution in [0.4, 0.5) is 0 Å². The molecule has 0 fully saturated rings. The fourth-order valence-corrected chi connectivity index (χ4v) is 4.22. The van der Waals surface area contributed by atoms with Gasteiger partial charge in [0.05, 0.1) is 0 Å². The Balaban J connectivity index is 2.02. The normalized spacial score (nSPS) is 10.9. The number of benzene rings is 3. The van der Waals surface area contributed by atoms with Crippen molar-refractivity contribution in [1.82, 2.24) is 0 Å². The van der Waals surface area contributed by atoms with E-state index in [2.05, 4.69) is 92.5 Å². The second-order valence-electron chi connectivity index (χ2n) is 6.35. The first-order chi connectivity index (χ1) is 12.6. The largest absolute Gasteiger partial charge is 0.330 e. The van der Waals surface area contributed by atoms with Gasteiger partial charge in [0.15, 0.2) is 0 Å². The first kappa shape index (κ1) is 19.3. The van der Waals surface area contributed by atoms with Gasteiger partial charge in [0.2, 0.25) is 0 Å². The van der Waals surface area contributed by atoms with Gasteiger partial charge in [-0.2, -0.15) is 0 Å². The van der Waals surface area contributed by atoms with Crippen LogP contribution in [-0.4, -0.2) is 13.1 Å². The van der Waals surface area contributed by atoms with E-state index >= 15 is 0 Å². The molecule has 3 aromatic carbocycles. The van der Waals surface area contributed by atoms with Crippen LogP contribution in [0, 0.1) is 0 Å². The smallest absolute Gasteiger partial charge is 0.0184 e. The van der Waals surface area contributed by atoms with Crippen LogP contribution >= 0.6 is 31.9 Å². The summed E-state index contributed by atoms with van der Waals surface area (Å²) in [5, 5.41) is 0. The molecule has 0 aliphatic rings. The van der Waals surface area contributed by atoms with Crippen molar-refractivity contribution in [2.75, 3.05) is 13.1 Å². The second-order valence-corrected chi connectivity index (χ2v) is 8.19. The van der Waals surface area contributed by atoms with Gasteiger partial charge in [-0.25, -0.2) is 0 Å². The topological polar surface area (TPSA) is 52.0 Å².